The van der Waals surface area contributed by atoms with E-state index in [9.17, 15) is 14.4 Å². The topological polar surface area (TPSA) is 118 Å². The minimum absolute atomic E-state index is 0.0381. The van der Waals surface area contributed by atoms with E-state index in [0.717, 1.165) is 22.3 Å². The van der Waals surface area contributed by atoms with Gasteiger partial charge in [-0.3, -0.25) is 14.9 Å². The number of amides is 2. The summed E-state index contributed by atoms with van der Waals surface area (Å²) in [7, 11) is 0. The van der Waals surface area contributed by atoms with Gasteiger partial charge in [0.1, 0.15) is 18.3 Å². The minimum Gasteiger partial charge on any atom is -0.480 e. The lowest BCUT2D eigenvalue weighted by Gasteiger charge is -2.14. The molecule has 0 saturated heterocycles. The average Bonchev–Trinajstić information content (AvgIpc) is 3.12. The highest BCUT2D eigenvalue weighted by Crippen LogP contribution is 2.44. The van der Waals surface area contributed by atoms with Gasteiger partial charge in [-0.2, -0.15) is 0 Å². The summed E-state index contributed by atoms with van der Waals surface area (Å²) in [5.74, 6) is -1.81. The molecular weight excluding hydrogens is 410 g/mol. The first kappa shape index (κ1) is 21.0. The second kappa shape index (κ2) is 8.89. The van der Waals surface area contributed by atoms with E-state index in [1.807, 2.05) is 36.4 Å². The number of aliphatic carboxylic acids is 1. The van der Waals surface area contributed by atoms with Crippen LogP contribution in [0.25, 0.3) is 11.1 Å². The molecule has 8 nitrogen and oxygen atoms in total. The third-order valence-electron chi connectivity index (χ3n) is 5.30. The van der Waals surface area contributed by atoms with Gasteiger partial charge in [0.25, 0.3) is 5.91 Å². The van der Waals surface area contributed by atoms with E-state index in [4.69, 9.17) is 9.84 Å². The number of anilines is 1. The molecule has 1 heterocycles. The summed E-state index contributed by atoms with van der Waals surface area (Å²) in [6.45, 7) is 1.54. The molecule has 0 bridgehead atoms. The molecule has 0 aliphatic heterocycles. The minimum atomic E-state index is -1.15. The van der Waals surface area contributed by atoms with E-state index in [2.05, 4.69) is 27.8 Å². The Morgan fingerprint density at radius 3 is 2.19 bits per heavy atom. The van der Waals surface area contributed by atoms with Gasteiger partial charge >= 0.3 is 12.1 Å². The molecule has 0 saturated carbocycles. The number of carboxylic acid groups (broad SMARTS) is 1. The molecule has 2 aromatic carbocycles. The van der Waals surface area contributed by atoms with E-state index in [0.29, 0.717) is 5.69 Å². The summed E-state index contributed by atoms with van der Waals surface area (Å²) < 4.78 is 5.48. The number of nitrogens with zero attached hydrogens (tertiary/aromatic N) is 1. The van der Waals surface area contributed by atoms with Crippen LogP contribution < -0.4 is 10.6 Å². The predicted molar refractivity (Wildman–Crippen MR) is 117 cm³/mol. The van der Waals surface area contributed by atoms with Gasteiger partial charge in [0.15, 0.2) is 0 Å². The number of carbonyl (C=O) groups excluding carboxylic acids is 2. The number of aromatic nitrogens is 1. The quantitative estimate of drug-likeness (QED) is 0.548. The van der Waals surface area contributed by atoms with E-state index in [1.54, 1.807) is 0 Å². The molecule has 0 unspecified atom stereocenters. The maximum Gasteiger partial charge on any atom is 0.411 e. The van der Waals surface area contributed by atoms with E-state index in [1.165, 1.54) is 25.3 Å². The standard InChI is InChI=1S/C24H21N3O5/c1-14(23(29)30)26-22(28)21-11-10-15(12-25-21)27-24(31)32-13-20-18-8-4-2-6-16(18)17-7-3-5-9-19(17)20/h2-12,14,20H,13H2,1H3,(H,26,28)(H,27,31)(H,29,30)/t14-/m0/s1. The summed E-state index contributed by atoms with van der Waals surface area (Å²) in [5.41, 5.74) is 4.92. The normalized spacial score (nSPS) is 12.9. The molecule has 1 aliphatic carbocycles. The molecule has 0 radical (unpaired) electrons. The number of nitrogens with one attached hydrogen (secondary N) is 2. The highest BCUT2D eigenvalue weighted by molar-refractivity contribution is 5.95. The Labute approximate surface area is 184 Å². The van der Waals surface area contributed by atoms with Gasteiger partial charge in [-0.25, -0.2) is 9.78 Å². The molecule has 8 heteroatoms. The van der Waals surface area contributed by atoms with Gasteiger partial charge in [-0.1, -0.05) is 48.5 Å². The van der Waals surface area contributed by atoms with Crippen LogP contribution in [0.3, 0.4) is 0 Å². The smallest absolute Gasteiger partial charge is 0.411 e. The number of fused-ring (bicyclic) bond motifs is 3. The van der Waals surface area contributed by atoms with Crippen molar-refractivity contribution in [2.75, 3.05) is 11.9 Å². The largest absolute Gasteiger partial charge is 0.480 e. The number of hydrogen-bond donors (Lipinski definition) is 3. The Balaban J connectivity index is 1.37. The molecular formula is C24H21N3O5. The van der Waals surface area contributed by atoms with Crippen LogP contribution in [0.1, 0.15) is 34.5 Å². The predicted octanol–water partition coefficient (Wildman–Crippen LogP) is 3.65. The second-order valence-corrected chi connectivity index (χ2v) is 7.42. The van der Waals surface area contributed by atoms with Crippen molar-refractivity contribution < 1.29 is 24.2 Å². The molecule has 1 atom stereocenters. The fourth-order valence-corrected chi connectivity index (χ4v) is 3.69. The lowest BCUT2D eigenvalue weighted by atomic mass is 9.98. The van der Waals surface area contributed by atoms with E-state index in [-0.39, 0.29) is 18.2 Å². The summed E-state index contributed by atoms with van der Waals surface area (Å²) >= 11 is 0. The van der Waals surface area contributed by atoms with Crippen LogP contribution in [0, 0.1) is 0 Å². The number of pyridine rings is 1. The zero-order chi connectivity index (χ0) is 22.7. The first-order valence-corrected chi connectivity index (χ1v) is 10.1. The number of ether oxygens (including phenoxy) is 1. The third-order valence-corrected chi connectivity index (χ3v) is 5.30. The molecule has 0 spiro atoms. The first-order chi connectivity index (χ1) is 15.4. The zero-order valence-electron chi connectivity index (χ0n) is 17.2. The summed E-state index contributed by atoms with van der Waals surface area (Å²) in [4.78, 5) is 39.1. The Bertz CT molecular complexity index is 1130. The van der Waals surface area contributed by atoms with E-state index >= 15 is 0 Å². The van der Waals surface area contributed by atoms with Gasteiger partial charge in [0.2, 0.25) is 0 Å². The van der Waals surface area contributed by atoms with Gasteiger partial charge in [-0.15, -0.1) is 0 Å². The number of hydrogen-bond acceptors (Lipinski definition) is 5. The van der Waals surface area contributed by atoms with Gasteiger partial charge < -0.3 is 15.2 Å². The average molecular weight is 431 g/mol. The van der Waals surface area contributed by atoms with Crippen molar-refractivity contribution in [2.45, 2.75) is 18.9 Å². The number of rotatable bonds is 6. The third kappa shape index (κ3) is 4.29. The lowest BCUT2D eigenvalue weighted by Crippen LogP contribution is -2.38. The number of carboxylic acids is 1. The summed E-state index contributed by atoms with van der Waals surface area (Å²) in [6, 6.07) is 18.0. The summed E-state index contributed by atoms with van der Waals surface area (Å²) in [6.07, 6.45) is 0.673. The van der Waals surface area contributed by atoms with Crippen molar-refractivity contribution in [1.82, 2.24) is 10.3 Å². The molecule has 1 aromatic heterocycles. The highest BCUT2D eigenvalue weighted by atomic mass is 16.5. The molecule has 0 fully saturated rings. The fourth-order valence-electron chi connectivity index (χ4n) is 3.69. The van der Waals surface area contributed by atoms with Crippen LogP contribution in [0.15, 0.2) is 66.9 Å². The lowest BCUT2D eigenvalue weighted by molar-refractivity contribution is -0.138. The van der Waals surface area contributed by atoms with Crippen molar-refractivity contribution in [1.29, 1.82) is 0 Å². The first-order valence-electron chi connectivity index (χ1n) is 10.1. The van der Waals surface area contributed by atoms with Crippen LogP contribution in [0.2, 0.25) is 0 Å². The molecule has 2 amide bonds. The van der Waals surface area contributed by atoms with Gasteiger partial charge in [-0.05, 0) is 41.3 Å². The van der Waals surface area contributed by atoms with Crippen molar-refractivity contribution in [3.63, 3.8) is 0 Å². The van der Waals surface area contributed by atoms with Crippen LogP contribution in [-0.2, 0) is 9.53 Å². The van der Waals surface area contributed by atoms with Crippen molar-refractivity contribution in [3.05, 3.63) is 83.7 Å². The second-order valence-electron chi connectivity index (χ2n) is 7.42. The fraction of sp³-hybridized carbons (Fsp3) is 0.167. The van der Waals surface area contributed by atoms with Crippen LogP contribution in [0.5, 0.6) is 0 Å². The van der Waals surface area contributed by atoms with Crippen molar-refractivity contribution in [2.24, 2.45) is 0 Å². The molecule has 162 valence electrons. The van der Waals surface area contributed by atoms with Crippen LogP contribution >= 0.6 is 0 Å². The van der Waals surface area contributed by atoms with Gasteiger partial charge in [0, 0.05) is 5.92 Å². The number of carbonyl (C=O) groups is 3. The zero-order valence-corrected chi connectivity index (χ0v) is 17.2. The van der Waals surface area contributed by atoms with Crippen LogP contribution in [0.4, 0.5) is 10.5 Å². The Morgan fingerprint density at radius 1 is 1.00 bits per heavy atom. The van der Waals surface area contributed by atoms with E-state index < -0.39 is 24.0 Å². The SMILES string of the molecule is C[C@H](NC(=O)c1ccc(NC(=O)OCC2c3ccccc3-c3ccccc32)cn1)C(=O)O. The Kier molecular flexibility index (Phi) is 5.85. The molecule has 3 aromatic rings. The van der Waals surface area contributed by atoms with Crippen LogP contribution in [-0.4, -0.2) is 40.7 Å². The van der Waals surface area contributed by atoms with Crippen molar-refractivity contribution >= 4 is 23.7 Å². The number of benzene rings is 2. The summed E-state index contributed by atoms with van der Waals surface area (Å²) in [5, 5.41) is 13.8. The monoisotopic (exact) mass is 431 g/mol. The molecule has 32 heavy (non-hydrogen) atoms. The van der Waals surface area contributed by atoms with Gasteiger partial charge in [0.05, 0.1) is 11.9 Å². The highest BCUT2D eigenvalue weighted by Gasteiger charge is 2.29. The van der Waals surface area contributed by atoms with Crippen molar-refractivity contribution in [3.8, 4) is 11.1 Å². The maximum absolute atomic E-state index is 12.3. The Hall–Kier alpha value is -4.20. The maximum atomic E-state index is 12.3. The molecule has 1 aliphatic rings. The molecule has 4 rings (SSSR count). The Morgan fingerprint density at radius 2 is 1.62 bits per heavy atom. The molecule has 3 N–H and O–H groups in total.